The zero-order chi connectivity index (χ0) is 55.0. The minimum absolute atomic E-state index is 0.0938. The van der Waals surface area contributed by atoms with Crippen molar-refractivity contribution in [3.63, 3.8) is 0 Å². The zero-order valence-electron chi connectivity index (χ0n) is 49.2. The molecule has 1 unspecified atom stereocenters. The van der Waals surface area contributed by atoms with E-state index in [0.717, 1.165) is 161 Å². The van der Waals surface area contributed by atoms with Crippen LogP contribution in [0.1, 0.15) is 271 Å². The second-order valence-electron chi connectivity index (χ2n) is 20.2. The van der Waals surface area contributed by atoms with Gasteiger partial charge in [-0.1, -0.05) is 251 Å². The van der Waals surface area contributed by atoms with Crippen molar-refractivity contribution in [1.29, 1.82) is 0 Å². The maximum absolute atomic E-state index is 12.9. The van der Waals surface area contributed by atoms with Crippen molar-refractivity contribution >= 4 is 17.9 Å². The van der Waals surface area contributed by atoms with Crippen molar-refractivity contribution in [2.45, 2.75) is 277 Å². The average molecular weight is 1050 g/mol. The quantitative estimate of drug-likeness (QED) is 0.0261. The number of carbonyl (C=O) groups is 3. The first-order chi connectivity index (χ1) is 37.5. The van der Waals surface area contributed by atoms with E-state index in [0.29, 0.717) is 19.3 Å². The van der Waals surface area contributed by atoms with E-state index in [2.05, 4.69) is 154 Å². The van der Waals surface area contributed by atoms with Crippen molar-refractivity contribution in [1.82, 2.24) is 0 Å². The lowest BCUT2D eigenvalue weighted by atomic mass is 10.1. The molecule has 0 fully saturated rings. The Labute approximate surface area is 468 Å². The van der Waals surface area contributed by atoms with Gasteiger partial charge >= 0.3 is 17.9 Å². The summed E-state index contributed by atoms with van der Waals surface area (Å²) in [6.45, 7) is 6.36. The topological polar surface area (TPSA) is 78.9 Å². The van der Waals surface area contributed by atoms with E-state index < -0.39 is 6.10 Å². The Morgan fingerprint density at radius 1 is 0.276 bits per heavy atom. The van der Waals surface area contributed by atoms with Crippen molar-refractivity contribution in [3.8, 4) is 0 Å². The summed E-state index contributed by atoms with van der Waals surface area (Å²) in [5, 5.41) is 0. The van der Waals surface area contributed by atoms with Gasteiger partial charge in [0, 0.05) is 19.3 Å². The third-order valence-electron chi connectivity index (χ3n) is 12.9. The molecule has 0 N–H and O–H groups in total. The summed E-state index contributed by atoms with van der Waals surface area (Å²) in [6, 6.07) is 0. The third-order valence-corrected chi connectivity index (χ3v) is 12.9. The van der Waals surface area contributed by atoms with E-state index in [1.807, 2.05) is 0 Å². The van der Waals surface area contributed by atoms with Gasteiger partial charge in [0.2, 0.25) is 0 Å². The molecule has 0 saturated carbocycles. The maximum atomic E-state index is 12.9. The molecule has 0 aliphatic rings. The molecule has 430 valence electrons. The van der Waals surface area contributed by atoms with Gasteiger partial charge in [0.1, 0.15) is 13.2 Å². The van der Waals surface area contributed by atoms with Crippen LogP contribution in [0.5, 0.6) is 0 Å². The molecule has 6 nitrogen and oxygen atoms in total. The monoisotopic (exact) mass is 1050 g/mol. The normalized spacial score (nSPS) is 13.0. The Morgan fingerprint density at radius 3 is 0.816 bits per heavy atom. The Bertz CT molecular complexity index is 1630. The van der Waals surface area contributed by atoms with Gasteiger partial charge in [-0.15, -0.1) is 0 Å². The Kier molecular flexibility index (Phi) is 59.4. The summed E-state index contributed by atoms with van der Waals surface area (Å²) in [6.07, 6.45) is 88.8. The highest BCUT2D eigenvalue weighted by Crippen LogP contribution is 2.15. The number of unbranched alkanes of at least 4 members (excludes halogenated alkanes) is 22. The van der Waals surface area contributed by atoms with Crippen molar-refractivity contribution in [2.75, 3.05) is 13.2 Å². The number of allylic oxidation sites excluding steroid dienone is 22. The largest absolute Gasteiger partial charge is 0.462 e. The van der Waals surface area contributed by atoms with Crippen molar-refractivity contribution in [2.24, 2.45) is 0 Å². The first kappa shape index (κ1) is 71.5. The molecule has 0 aliphatic heterocycles. The fourth-order valence-electron chi connectivity index (χ4n) is 8.25. The summed E-state index contributed by atoms with van der Waals surface area (Å²) in [5.74, 6) is -0.926. The van der Waals surface area contributed by atoms with Crippen LogP contribution in [0.2, 0.25) is 0 Å². The minimum Gasteiger partial charge on any atom is -0.462 e. The highest BCUT2D eigenvalue weighted by Gasteiger charge is 2.19. The SMILES string of the molecule is CC/C=C\C/C=C\C/C=C\C/C=C\C/C=C\C/C=C\C/C=C\CCCCCCCCCCCC(=O)OCC(COC(=O)CCCCCCC/C=C\CCCCC)OC(=O)CCCCCCC/C=C\C/C=C\C/C=C\CC. The van der Waals surface area contributed by atoms with E-state index in [9.17, 15) is 14.4 Å². The maximum Gasteiger partial charge on any atom is 0.306 e. The molecule has 6 heteroatoms. The van der Waals surface area contributed by atoms with Crippen LogP contribution in [0.4, 0.5) is 0 Å². The van der Waals surface area contributed by atoms with E-state index >= 15 is 0 Å². The van der Waals surface area contributed by atoms with Crippen LogP contribution in [0.3, 0.4) is 0 Å². The summed E-state index contributed by atoms with van der Waals surface area (Å²) >= 11 is 0. The molecular weight excluding hydrogens is 937 g/mol. The second-order valence-corrected chi connectivity index (χ2v) is 20.2. The van der Waals surface area contributed by atoms with Gasteiger partial charge in [0.05, 0.1) is 0 Å². The number of rotatable bonds is 55. The molecule has 0 aliphatic carbocycles. The Balaban J connectivity index is 4.28. The van der Waals surface area contributed by atoms with Crippen LogP contribution in [0.15, 0.2) is 134 Å². The lowest BCUT2D eigenvalue weighted by Gasteiger charge is -2.18. The molecule has 0 rings (SSSR count). The standard InChI is InChI=1S/C70H114O6/c1-4-7-10-13-16-19-22-25-27-28-29-30-31-32-33-34-35-36-37-38-39-40-41-42-44-45-48-51-54-57-60-63-69(72)75-66-67(65-74-68(71)62-59-56-53-50-47-24-21-18-15-12-9-6-3)76-70(73)64-61-58-55-52-49-46-43-26-23-20-17-14-11-8-5-2/h7-8,10-11,16-21,25-27,29-30,32-33,35-36,38-39,43,67H,4-6,9,12-15,22-24,28,31,34,37,40-42,44-66H2,1-3H3/b10-7-,11-8-,19-16-,20-17-,21-18-,27-25-,30-29-,33-32-,36-35-,39-38-,43-26-. The van der Waals surface area contributed by atoms with Gasteiger partial charge in [-0.2, -0.15) is 0 Å². The van der Waals surface area contributed by atoms with Crippen LogP contribution in [-0.2, 0) is 28.6 Å². The van der Waals surface area contributed by atoms with E-state index in [1.165, 1.54) is 70.6 Å². The fraction of sp³-hybridized carbons (Fsp3) is 0.643. The predicted octanol–water partition coefficient (Wildman–Crippen LogP) is 21.4. The number of hydrogen-bond acceptors (Lipinski definition) is 6. The molecular formula is C70H114O6. The molecule has 76 heavy (non-hydrogen) atoms. The molecule has 1 atom stereocenters. The molecule has 0 amide bonds. The summed E-state index contributed by atoms with van der Waals surface area (Å²) in [4.78, 5) is 38.2. The zero-order valence-corrected chi connectivity index (χ0v) is 49.2. The van der Waals surface area contributed by atoms with Crippen molar-refractivity contribution in [3.05, 3.63) is 134 Å². The Hall–Kier alpha value is -4.45. The van der Waals surface area contributed by atoms with Crippen molar-refractivity contribution < 1.29 is 28.6 Å². The lowest BCUT2D eigenvalue weighted by Crippen LogP contribution is -2.30. The lowest BCUT2D eigenvalue weighted by molar-refractivity contribution is -0.167. The highest BCUT2D eigenvalue weighted by molar-refractivity contribution is 5.71. The minimum atomic E-state index is -0.797. The number of ether oxygens (including phenoxy) is 3. The van der Waals surface area contributed by atoms with Crippen LogP contribution >= 0.6 is 0 Å². The van der Waals surface area contributed by atoms with E-state index in [1.54, 1.807) is 0 Å². The molecule has 0 aromatic heterocycles. The summed E-state index contributed by atoms with van der Waals surface area (Å²) in [7, 11) is 0. The molecule has 0 saturated heterocycles. The summed E-state index contributed by atoms with van der Waals surface area (Å²) in [5.41, 5.74) is 0. The van der Waals surface area contributed by atoms with Crippen LogP contribution in [-0.4, -0.2) is 37.2 Å². The highest BCUT2D eigenvalue weighted by atomic mass is 16.6. The van der Waals surface area contributed by atoms with Gasteiger partial charge in [0.15, 0.2) is 6.10 Å². The van der Waals surface area contributed by atoms with Gasteiger partial charge in [-0.25, -0.2) is 0 Å². The number of carbonyl (C=O) groups excluding carboxylic acids is 3. The van der Waals surface area contributed by atoms with E-state index in [-0.39, 0.29) is 31.1 Å². The number of hydrogen-bond donors (Lipinski definition) is 0. The van der Waals surface area contributed by atoms with Gasteiger partial charge in [-0.3, -0.25) is 14.4 Å². The molecule has 0 aromatic rings. The molecule has 0 heterocycles. The van der Waals surface area contributed by atoms with Gasteiger partial charge in [-0.05, 0) is 135 Å². The molecule has 0 spiro atoms. The average Bonchev–Trinajstić information content (AvgIpc) is 3.42. The Morgan fingerprint density at radius 2 is 0.513 bits per heavy atom. The number of esters is 3. The smallest absolute Gasteiger partial charge is 0.306 e. The first-order valence-electron chi connectivity index (χ1n) is 31.2. The third kappa shape index (κ3) is 60.4. The second kappa shape index (κ2) is 63.1. The summed E-state index contributed by atoms with van der Waals surface area (Å²) < 4.78 is 16.9. The fourth-order valence-corrected chi connectivity index (χ4v) is 8.25. The molecule has 0 aromatic carbocycles. The predicted molar refractivity (Wildman–Crippen MR) is 329 cm³/mol. The van der Waals surface area contributed by atoms with Gasteiger partial charge < -0.3 is 14.2 Å². The van der Waals surface area contributed by atoms with Crippen LogP contribution in [0, 0.1) is 0 Å². The first-order valence-corrected chi connectivity index (χ1v) is 31.2. The van der Waals surface area contributed by atoms with E-state index in [4.69, 9.17) is 14.2 Å². The van der Waals surface area contributed by atoms with Gasteiger partial charge in [0.25, 0.3) is 0 Å². The molecule has 0 bridgehead atoms. The van der Waals surface area contributed by atoms with Crippen LogP contribution in [0.25, 0.3) is 0 Å². The van der Waals surface area contributed by atoms with Crippen LogP contribution < -0.4 is 0 Å². The molecule has 0 radical (unpaired) electrons.